The number of aliphatic carboxylic acids is 1. The molecule has 0 spiro atoms. The summed E-state index contributed by atoms with van der Waals surface area (Å²) in [6.07, 6.45) is 1.21. The number of nitrogens with zero attached hydrogens (tertiary/aromatic N) is 1. The van der Waals surface area contributed by atoms with Crippen LogP contribution in [0.1, 0.15) is 23.2 Å². The zero-order chi connectivity index (χ0) is 18.6. The maximum absolute atomic E-state index is 12.9. The van der Waals surface area contributed by atoms with Gasteiger partial charge in [-0.15, -0.1) is 0 Å². The van der Waals surface area contributed by atoms with Crippen LogP contribution in [-0.4, -0.2) is 68.5 Å². The van der Waals surface area contributed by atoms with Crippen molar-refractivity contribution in [3.63, 3.8) is 0 Å². The summed E-state index contributed by atoms with van der Waals surface area (Å²) in [6.45, 7) is 2.58. The van der Waals surface area contributed by atoms with E-state index in [0.29, 0.717) is 50.7 Å². The van der Waals surface area contributed by atoms with Crippen LogP contribution in [0.5, 0.6) is 5.75 Å². The molecule has 1 aromatic carbocycles. The van der Waals surface area contributed by atoms with Crippen LogP contribution in [0, 0.1) is 11.3 Å². The fraction of sp³-hybridized carbons (Fsp3) is 0.579. The fourth-order valence-electron chi connectivity index (χ4n) is 3.75. The van der Waals surface area contributed by atoms with Crippen LogP contribution in [0.25, 0.3) is 0 Å². The summed E-state index contributed by atoms with van der Waals surface area (Å²) in [6, 6.07) is 7.02. The van der Waals surface area contributed by atoms with E-state index in [1.54, 1.807) is 36.3 Å². The molecule has 2 aliphatic heterocycles. The first kappa shape index (κ1) is 18.7. The number of fused-ring (bicyclic) bond motifs is 1. The molecule has 2 aliphatic rings. The number of hydrogen-bond acceptors (Lipinski definition) is 5. The lowest BCUT2D eigenvalue weighted by molar-refractivity contribution is -0.157. The van der Waals surface area contributed by atoms with E-state index in [0.717, 1.165) is 6.42 Å². The number of ether oxygens (including phenoxy) is 3. The van der Waals surface area contributed by atoms with Gasteiger partial charge in [0.25, 0.3) is 5.91 Å². The minimum Gasteiger partial charge on any atom is -0.493 e. The van der Waals surface area contributed by atoms with Gasteiger partial charge in [0, 0.05) is 51.3 Å². The minimum absolute atomic E-state index is 0.161. The molecule has 1 aromatic rings. The van der Waals surface area contributed by atoms with Crippen molar-refractivity contribution in [3.8, 4) is 5.75 Å². The van der Waals surface area contributed by atoms with Crippen LogP contribution in [0.4, 0.5) is 0 Å². The molecule has 7 nitrogen and oxygen atoms in total. The standard InChI is InChI=1S/C19H25NO6/c1-24-7-3-8-26-16-5-2-4-14(10-16)17(21)20-11-15-12-25-9-6-19(15,13-20)18(22)23/h2,4-5,10,15H,3,6-9,11-13H2,1H3,(H,22,23)/t15-,19+/m0/s1. The minimum atomic E-state index is -0.887. The number of carbonyl (C=O) groups excluding carboxylic acids is 1. The molecule has 0 saturated carbocycles. The van der Waals surface area contributed by atoms with E-state index in [1.807, 2.05) is 0 Å². The van der Waals surface area contributed by atoms with Crippen LogP contribution in [0.2, 0.25) is 0 Å². The number of benzene rings is 1. The average molecular weight is 363 g/mol. The van der Waals surface area contributed by atoms with Crippen LogP contribution >= 0.6 is 0 Å². The van der Waals surface area contributed by atoms with E-state index in [9.17, 15) is 14.7 Å². The lowest BCUT2D eigenvalue weighted by Crippen LogP contribution is -2.45. The normalized spacial score (nSPS) is 25.0. The number of methoxy groups -OCH3 is 1. The Hall–Kier alpha value is -2.12. The maximum atomic E-state index is 12.9. The summed E-state index contributed by atoms with van der Waals surface area (Å²) in [5.41, 5.74) is -0.378. The first-order valence-electron chi connectivity index (χ1n) is 8.89. The van der Waals surface area contributed by atoms with Gasteiger partial charge in [-0.2, -0.15) is 0 Å². The van der Waals surface area contributed by atoms with Crippen molar-refractivity contribution >= 4 is 11.9 Å². The molecule has 2 saturated heterocycles. The number of carboxylic acid groups (broad SMARTS) is 1. The molecule has 0 radical (unpaired) electrons. The summed E-state index contributed by atoms with van der Waals surface area (Å²) < 4.78 is 16.1. The predicted molar refractivity (Wildman–Crippen MR) is 93.3 cm³/mol. The monoisotopic (exact) mass is 363 g/mol. The highest BCUT2D eigenvalue weighted by Crippen LogP contribution is 2.42. The molecule has 0 bridgehead atoms. The van der Waals surface area contributed by atoms with Gasteiger partial charge < -0.3 is 24.2 Å². The van der Waals surface area contributed by atoms with E-state index in [1.165, 1.54) is 0 Å². The van der Waals surface area contributed by atoms with E-state index in [-0.39, 0.29) is 18.4 Å². The summed E-state index contributed by atoms with van der Waals surface area (Å²) in [7, 11) is 1.64. The third-order valence-corrected chi connectivity index (χ3v) is 5.26. The van der Waals surface area contributed by atoms with Gasteiger partial charge in [0.15, 0.2) is 0 Å². The van der Waals surface area contributed by atoms with Crippen molar-refractivity contribution in [2.24, 2.45) is 11.3 Å². The van der Waals surface area contributed by atoms with Gasteiger partial charge in [0.2, 0.25) is 0 Å². The van der Waals surface area contributed by atoms with E-state index in [2.05, 4.69) is 0 Å². The molecule has 0 aromatic heterocycles. The number of likely N-dealkylation sites (tertiary alicyclic amines) is 1. The number of hydrogen-bond donors (Lipinski definition) is 1. The van der Waals surface area contributed by atoms with Crippen molar-refractivity contribution in [2.75, 3.05) is 46.6 Å². The lowest BCUT2D eigenvalue weighted by atomic mass is 9.74. The SMILES string of the molecule is COCCCOc1cccc(C(=O)N2C[C@H]3COCC[C@@]3(C(=O)O)C2)c1. The zero-order valence-corrected chi connectivity index (χ0v) is 15.0. The molecule has 26 heavy (non-hydrogen) atoms. The second-order valence-corrected chi connectivity index (χ2v) is 6.89. The van der Waals surface area contributed by atoms with Crippen LogP contribution in [-0.2, 0) is 14.3 Å². The molecule has 2 atom stereocenters. The Morgan fingerprint density at radius 2 is 2.23 bits per heavy atom. The third kappa shape index (κ3) is 3.68. The Bertz CT molecular complexity index is 663. The molecule has 2 fully saturated rings. The quantitative estimate of drug-likeness (QED) is 0.742. The van der Waals surface area contributed by atoms with Crippen molar-refractivity contribution in [3.05, 3.63) is 29.8 Å². The summed E-state index contributed by atoms with van der Waals surface area (Å²) in [5, 5.41) is 9.73. The Labute approximate surface area is 152 Å². The predicted octanol–water partition coefficient (Wildman–Crippen LogP) is 1.67. The summed E-state index contributed by atoms with van der Waals surface area (Å²) in [5.74, 6) is -0.537. The lowest BCUT2D eigenvalue weighted by Gasteiger charge is -2.33. The highest BCUT2D eigenvalue weighted by Gasteiger charge is 2.54. The number of carbonyl (C=O) groups is 2. The summed E-state index contributed by atoms with van der Waals surface area (Å²) in [4.78, 5) is 26.4. The van der Waals surface area contributed by atoms with Gasteiger partial charge in [-0.25, -0.2) is 0 Å². The number of carboxylic acids is 1. The van der Waals surface area contributed by atoms with Gasteiger partial charge in [0.1, 0.15) is 5.75 Å². The van der Waals surface area contributed by atoms with Gasteiger partial charge >= 0.3 is 5.97 Å². The van der Waals surface area contributed by atoms with Gasteiger partial charge in [-0.05, 0) is 24.6 Å². The zero-order valence-electron chi connectivity index (χ0n) is 15.0. The van der Waals surface area contributed by atoms with Gasteiger partial charge in [-0.1, -0.05) is 6.07 Å². The largest absolute Gasteiger partial charge is 0.493 e. The smallest absolute Gasteiger partial charge is 0.311 e. The maximum Gasteiger partial charge on any atom is 0.311 e. The summed E-state index contributed by atoms with van der Waals surface area (Å²) >= 11 is 0. The second-order valence-electron chi connectivity index (χ2n) is 6.89. The molecule has 142 valence electrons. The average Bonchev–Trinajstić information content (AvgIpc) is 3.06. The van der Waals surface area contributed by atoms with Crippen molar-refractivity contribution in [2.45, 2.75) is 12.8 Å². The van der Waals surface area contributed by atoms with E-state index < -0.39 is 11.4 Å². The van der Waals surface area contributed by atoms with Crippen molar-refractivity contribution in [1.82, 2.24) is 4.90 Å². The molecule has 0 unspecified atom stereocenters. The Morgan fingerprint density at radius 3 is 2.96 bits per heavy atom. The topological polar surface area (TPSA) is 85.3 Å². The molecular weight excluding hydrogens is 338 g/mol. The Balaban J connectivity index is 1.69. The highest BCUT2D eigenvalue weighted by atomic mass is 16.5. The Morgan fingerprint density at radius 1 is 1.38 bits per heavy atom. The first-order valence-corrected chi connectivity index (χ1v) is 8.89. The fourth-order valence-corrected chi connectivity index (χ4v) is 3.75. The molecule has 1 N–H and O–H groups in total. The molecule has 7 heteroatoms. The molecule has 2 heterocycles. The number of amides is 1. The van der Waals surface area contributed by atoms with Crippen molar-refractivity contribution < 1.29 is 28.9 Å². The number of rotatable bonds is 7. The van der Waals surface area contributed by atoms with Crippen LogP contribution in [0.3, 0.4) is 0 Å². The van der Waals surface area contributed by atoms with Crippen molar-refractivity contribution in [1.29, 1.82) is 0 Å². The Kier molecular flexibility index (Phi) is 5.78. The van der Waals surface area contributed by atoms with Crippen LogP contribution in [0.15, 0.2) is 24.3 Å². The molecular formula is C19H25NO6. The second kappa shape index (κ2) is 8.05. The first-order chi connectivity index (χ1) is 12.6. The third-order valence-electron chi connectivity index (χ3n) is 5.26. The molecule has 1 amide bonds. The molecule has 3 rings (SSSR count). The van der Waals surface area contributed by atoms with Gasteiger partial charge in [-0.3, -0.25) is 9.59 Å². The van der Waals surface area contributed by atoms with E-state index in [4.69, 9.17) is 14.2 Å². The van der Waals surface area contributed by atoms with Crippen LogP contribution < -0.4 is 4.74 Å². The molecule has 0 aliphatic carbocycles. The van der Waals surface area contributed by atoms with Gasteiger partial charge in [0.05, 0.1) is 18.6 Å². The van der Waals surface area contributed by atoms with E-state index >= 15 is 0 Å². The highest BCUT2D eigenvalue weighted by molar-refractivity contribution is 5.95.